The summed E-state index contributed by atoms with van der Waals surface area (Å²) >= 11 is 0. The first-order chi connectivity index (χ1) is 14.7. The Labute approximate surface area is 177 Å². The van der Waals surface area contributed by atoms with Gasteiger partial charge in [0, 0.05) is 31.0 Å². The molecule has 0 saturated carbocycles. The van der Waals surface area contributed by atoms with Crippen LogP contribution in [0.25, 0.3) is 11.0 Å². The van der Waals surface area contributed by atoms with Gasteiger partial charge >= 0.3 is 0 Å². The lowest BCUT2D eigenvalue weighted by Gasteiger charge is -2.31. The number of piperidine rings is 1. The number of ether oxygens (including phenoxy) is 1. The molecule has 1 fully saturated rings. The number of hydrogen-bond donors (Lipinski definition) is 1. The molecule has 0 bridgehead atoms. The largest absolute Gasteiger partial charge is 0.491 e. The molecule has 30 heavy (non-hydrogen) atoms. The van der Waals surface area contributed by atoms with Crippen LogP contribution in [0.5, 0.6) is 5.75 Å². The van der Waals surface area contributed by atoms with Gasteiger partial charge in [0.1, 0.15) is 11.6 Å². The van der Waals surface area contributed by atoms with Crippen molar-refractivity contribution in [3.05, 3.63) is 53.5 Å². The number of hydrogen-bond acceptors (Lipinski definition) is 5. The van der Waals surface area contributed by atoms with Gasteiger partial charge in [-0.15, -0.1) is 0 Å². The Balaban J connectivity index is 1.24. The topological polar surface area (TPSA) is 50.5 Å². The molecule has 2 aromatic carbocycles. The number of anilines is 1. The van der Waals surface area contributed by atoms with E-state index in [0.29, 0.717) is 18.1 Å². The quantitative estimate of drug-likeness (QED) is 0.515. The van der Waals surface area contributed by atoms with Crippen molar-refractivity contribution in [2.75, 3.05) is 38.6 Å². The van der Waals surface area contributed by atoms with Gasteiger partial charge in [-0.2, -0.15) is 0 Å². The highest BCUT2D eigenvalue weighted by molar-refractivity contribution is 5.79. The smallest absolute Gasteiger partial charge is 0.170 e. The predicted molar refractivity (Wildman–Crippen MR) is 118 cm³/mol. The summed E-state index contributed by atoms with van der Waals surface area (Å²) in [5.41, 5.74) is 3.87. The minimum absolute atomic E-state index is 0.287. The summed E-state index contributed by atoms with van der Waals surface area (Å²) in [5, 5.41) is 8.40. The number of rotatable bonds is 8. The number of aryl methyl sites for hydroxylation is 1. The van der Waals surface area contributed by atoms with E-state index in [9.17, 15) is 4.39 Å². The van der Waals surface area contributed by atoms with Gasteiger partial charge in [0.15, 0.2) is 5.58 Å². The van der Waals surface area contributed by atoms with Crippen LogP contribution >= 0.6 is 0 Å². The molecule has 0 radical (unpaired) electrons. The number of likely N-dealkylation sites (tertiary alicyclic amines) is 1. The molecule has 5 nitrogen and oxygen atoms in total. The normalized spacial score (nSPS) is 15.6. The average Bonchev–Trinajstić information content (AvgIpc) is 3.20. The van der Waals surface area contributed by atoms with Crippen molar-refractivity contribution >= 4 is 16.7 Å². The number of nitrogens with one attached hydrogen (secondary N) is 1. The van der Waals surface area contributed by atoms with Crippen LogP contribution in [-0.2, 0) is 6.42 Å². The number of nitrogens with zero attached hydrogens (tertiary/aromatic N) is 2. The summed E-state index contributed by atoms with van der Waals surface area (Å²) in [6, 6.07) is 11.0. The molecule has 0 unspecified atom stereocenters. The molecule has 0 atom stereocenters. The van der Waals surface area contributed by atoms with Gasteiger partial charge in [-0.05, 0) is 68.6 Å². The summed E-state index contributed by atoms with van der Waals surface area (Å²) in [6.45, 7) is 5.96. The molecular formula is C24H30FN3O2. The van der Waals surface area contributed by atoms with Crippen molar-refractivity contribution in [2.24, 2.45) is 0 Å². The van der Waals surface area contributed by atoms with Crippen molar-refractivity contribution in [3.8, 4) is 5.75 Å². The SMILES string of the molecule is CCc1ccc(OCCCN2CCC(c3noc4cc(F)ccc34)CC2)c(NC)c1. The summed E-state index contributed by atoms with van der Waals surface area (Å²) in [6.07, 6.45) is 4.10. The third-order valence-corrected chi connectivity index (χ3v) is 6.03. The lowest BCUT2D eigenvalue weighted by atomic mass is 9.91. The van der Waals surface area contributed by atoms with E-state index in [0.717, 1.165) is 67.8 Å². The second-order valence-corrected chi connectivity index (χ2v) is 7.96. The van der Waals surface area contributed by atoms with Crippen LogP contribution in [0.2, 0.25) is 0 Å². The van der Waals surface area contributed by atoms with Gasteiger partial charge in [-0.3, -0.25) is 0 Å². The Hall–Kier alpha value is -2.60. The van der Waals surface area contributed by atoms with Gasteiger partial charge < -0.3 is 19.5 Å². The summed E-state index contributed by atoms with van der Waals surface area (Å²) < 4.78 is 24.7. The van der Waals surface area contributed by atoms with Crippen LogP contribution < -0.4 is 10.1 Å². The monoisotopic (exact) mass is 411 g/mol. The van der Waals surface area contributed by atoms with Crippen molar-refractivity contribution in [1.29, 1.82) is 0 Å². The van der Waals surface area contributed by atoms with E-state index in [-0.39, 0.29) is 5.82 Å². The van der Waals surface area contributed by atoms with Crippen LogP contribution in [0.15, 0.2) is 40.9 Å². The Morgan fingerprint density at radius 2 is 2.03 bits per heavy atom. The third-order valence-electron chi connectivity index (χ3n) is 6.03. The maximum Gasteiger partial charge on any atom is 0.170 e. The maximum absolute atomic E-state index is 13.4. The highest BCUT2D eigenvalue weighted by atomic mass is 19.1. The minimum Gasteiger partial charge on any atom is -0.491 e. The van der Waals surface area contributed by atoms with E-state index in [1.165, 1.54) is 17.7 Å². The molecule has 4 rings (SSSR count). The first kappa shape index (κ1) is 20.7. The van der Waals surface area contributed by atoms with E-state index < -0.39 is 0 Å². The van der Waals surface area contributed by atoms with E-state index >= 15 is 0 Å². The molecular weight excluding hydrogens is 381 g/mol. The van der Waals surface area contributed by atoms with Crippen molar-refractivity contribution in [3.63, 3.8) is 0 Å². The van der Waals surface area contributed by atoms with Crippen molar-refractivity contribution in [2.45, 2.75) is 38.5 Å². The van der Waals surface area contributed by atoms with E-state index in [4.69, 9.17) is 9.26 Å². The number of halogens is 1. The van der Waals surface area contributed by atoms with Crippen LogP contribution in [0.1, 0.15) is 43.4 Å². The Morgan fingerprint density at radius 1 is 1.20 bits per heavy atom. The molecule has 0 amide bonds. The van der Waals surface area contributed by atoms with Crippen LogP contribution in [0.4, 0.5) is 10.1 Å². The van der Waals surface area contributed by atoms with Gasteiger partial charge in [-0.1, -0.05) is 18.1 Å². The Morgan fingerprint density at radius 3 is 2.80 bits per heavy atom. The number of aromatic nitrogens is 1. The standard InChI is InChI=1S/C24H30FN3O2/c1-3-17-5-8-22(21(15-17)26-2)29-14-4-11-28-12-9-18(10-13-28)24-20-7-6-19(25)16-23(20)30-27-24/h5-8,15-16,18,26H,3-4,9-14H2,1-2H3. The molecule has 0 aliphatic carbocycles. The fraction of sp³-hybridized carbons (Fsp3) is 0.458. The van der Waals surface area contributed by atoms with E-state index in [1.54, 1.807) is 6.07 Å². The minimum atomic E-state index is -0.287. The predicted octanol–water partition coefficient (Wildman–Crippen LogP) is 5.22. The molecule has 1 aliphatic rings. The van der Waals surface area contributed by atoms with Crippen LogP contribution in [0, 0.1) is 5.82 Å². The summed E-state index contributed by atoms with van der Waals surface area (Å²) in [4.78, 5) is 2.49. The molecule has 160 valence electrons. The van der Waals surface area contributed by atoms with Gasteiger partial charge in [0.25, 0.3) is 0 Å². The lowest BCUT2D eigenvalue weighted by molar-refractivity contribution is 0.191. The Kier molecular flexibility index (Phi) is 6.53. The van der Waals surface area contributed by atoms with Crippen molar-refractivity contribution in [1.82, 2.24) is 10.1 Å². The van der Waals surface area contributed by atoms with Crippen LogP contribution in [0.3, 0.4) is 0 Å². The fourth-order valence-corrected chi connectivity index (χ4v) is 4.24. The molecule has 3 aromatic rings. The zero-order chi connectivity index (χ0) is 20.9. The highest BCUT2D eigenvalue weighted by Crippen LogP contribution is 2.33. The first-order valence-corrected chi connectivity index (χ1v) is 10.9. The molecule has 1 saturated heterocycles. The van der Waals surface area contributed by atoms with Gasteiger partial charge in [-0.25, -0.2) is 4.39 Å². The molecule has 0 spiro atoms. The maximum atomic E-state index is 13.4. The molecule has 2 heterocycles. The molecule has 6 heteroatoms. The highest BCUT2D eigenvalue weighted by Gasteiger charge is 2.25. The number of fused-ring (bicyclic) bond motifs is 1. The lowest BCUT2D eigenvalue weighted by Crippen LogP contribution is -2.34. The van der Waals surface area contributed by atoms with Gasteiger partial charge in [0.05, 0.1) is 18.0 Å². The summed E-state index contributed by atoms with van der Waals surface area (Å²) in [7, 11) is 1.93. The second-order valence-electron chi connectivity index (χ2n) is 7.96. The van der Waals surface area contributed by atoms with Gasteiger partial charge in [0.2, 0.25) is 0 Å². The molecule has 1 aliphatic heterocycles. The van der Waals surface area contributed by atoms with Crippen molar-refractivity contribution < 1.29 is 13.7 Å². The number of benzene rings is 2. The molecule has 1 N–H and O–H groups in total. The average molecular weight is 412 g/mol. The summed E-state index contributed by atoms with van der Waals surface area (Å²) in [5.74, 6) is 1.01. The van der Waals surface area contributed by atoms with E-state index in [1.807, 2.05) is 7.05 Å². The second kappa shape index (κ2) is 9.47. The fourth-order valence-electron chi connectivity index (χ4n) is 4.24. The Bertz CT molecular complexity index is 980. The molecule has 1 aromatic heterocycles. The first-order valence-electron chi connectivity index (χ1n) is 10.9. The zero-order valence-electron chi connectivity index (χ0n) is 17.8. The van der Waals surface area contributed by atoms with E-state index in [2.05, 4.69) is 40.5 Å². The third kappa shape index (κ3) is 4.59. The zero-order valence-corrected chi connectivity index (χ0v) is 17.8. The van der Waals surface area contributed by atoms with Crippen LogP contribution in [-0.4, -0.2) is 43.3 Å².